The third-order valence-corrected chi connectivity index (χ3v) is 5.62. The minimum Gasteiger partial charge on any atom is -0.274 e. The van der Waals surface area contributed by atoms with Crippen LogP contribution in [-0.4, -0.2) is 45.4 Å². The van der Waals surface area contributed by atoms with Crippen LogP contribution in [0.15, 0.2) is 34.2 Å². The summed E-state index contributed by atoms with van der Waals surface area (Å²) in [5, 5.41) is 8.14. The van der Waals surface area contributed by atoms with Crippen molar-refractivity contribution in [2.24, 2.45) is 7.05 Å². The van der Waals surface area contributed by atoms with Gasteiger partial charge in [-0.15, -0.1) is 0 Å². The molecular weight excluding hydrogens is 346 g/mol. The maximum atomic E-state index is 12.5. The van der Waals surface area contributed by atoms with E-state index in [9.17, 15) is 8.42 Å². The summed E-state index contributed by atoms with van der Waals surface area (Å²) < 4.78 is 30.6. The van der Waals surface area contributed by atoms with Gasteiger partial charge in [-0.25, -0.2) is 8.42 Å². The molecule has 20 heavy (non-hydrogen) atoms. The lowest BCUT2D eigenvalue weighted by Gasteiger charge is -2.15. The molecule has 0 N–H and O–H groups in total. The molecule has 1 saturated heterocycles. The predicted molar refractivity (Wildman–Crippen MR) is 75.5 cm³/mol. The Balaban J connectivity index is 1.80. The van der Waals surface area contributed by atoms with Gasteiger partial charge in [0.25, 0.3) is 0 Å². The molecule has 2 aromatic rings. The Morgan fingerprint density at radius 1 is 1.30 bits per heavy atom. The van der Waals surface area contributed by atoms with E-state index in [0.717, 1.165) is 10.9 Å². The second-order valence-corrected chi connectivity index (χ2v) is 7.65. The maximum Gasteiger partial charge on any atom is 0.246 e. The average Bonchev–Trinajstić information content (AvgIpc) is 3.07. The Bertz CT molecular complexity index is 723. The summed E-state index contributed by atoms with van der Waals surface area (Å²) in [7, 11) is -1.75. The zero-order valence-corrected chi connectivity index (χ0v) is 13.2. The molecule has 0 radical (unpaired) electrons. The zero-order valence-electron chi connectivity index (χ0n) is 10.8. The lowest BCUT2D eigenvalue weighted by molar-refractivity contribution is 0.434. The first-order chi connectivity index (χ1) is 9.46. The fraction of sp³-hybridized carbons (Fsp3) is 0.455. The molecule has 1 aliphatic heterocycles. The Morgan fingerprint density at radius 2 is 2.10 bits per heavy atom. The monoisotopic (exact) mass is 359 g/mol. The normalized spacial score (nSPS) is 20.6. The molecule has 0 aromatic carbocycles. The Hall–Kier alpha value is -1.19. The van der Waals surface area contributed by atoms with E-state index in [2.05, 4.69) is 26.1 Å². The first-order valence-corrected chi connectivity index (χ1v) is 8.38. The molecule has 0 aliphatic carbocycles. The van der Waals surface area contributed by atoms with Crippen molar-refractivity contribution in [3.63, 3.8) is 0 Å². The summed E-state index contributed by atoms with van der Waals surface area (Å²) in [5.41, 5.74) is 0. The Kier molecular flexibility index (Phi) is 3.43. The van der Waals surface area contributed by atoms with Crippen LogP contribution in [0.3, 0.4) is 0 Å². The highest BCUT2D eigenvalue weighted by atomic mass is 79.9. The van der Waals surface area contributed by atoms with Crippen molar-refractivity contribution < 1.29 is 8.42 Å². The van der Waals surface area contributed by atoms with Gasteiger partial charge in [0.15, 0.2) is 0 Å². The lowest BCUT2D eigenvalue weighted by atomic mass is 10.3. The van der Waals surface area contributed by atoms with Crippen LogP contribution in [0.4, 0.5) is 0 Å². The van der Waals surface area contributed by atoms with Crippen LogP contribution in [0, 0.1) is 0 Å². The topological polar surface area (TPSA) is 73.0 Å². The molecule has 0 saturated carbocycles. The number of nitrogens with zero attached hydrogens (tertiary/aromatic N) is 5. The average molecular weight is 360 g/mol. The Labute approximate surface area is 125 Å². The summed E-state index contributed by atoms with van der Waals surface area (Å²) in [6.45, 7) is 0.935. The van der Waals surface area contributed by atoms with Crippen LogP contribution >= 0.6 is 15.9 Å². The molecule has 3 heterocycles. The van der Waals surface area contributed by atoms with E-state index in [1.807, 2.05) is 10.9 Å². The highest BCUT2D eigenvalue weighted by Crippen LogP contribution is 2.27. The Morgan fingerprint density at radius 3 is 2.70 bits per heavy atom. The highest BCUT2D eigenvalue weighted by molar-refractivity contribution is 9.10. The number of hydrogen-bond acceptors (Lipinski definition) is 4. The van der Waals surface area contributed by atoms with E-state index in [1.165, 1.54) is 21.4 Å². The third-order valence-electron chi connectivity index (χ3n) is 3.39. The second kappa shape index (κ2) is 4.97. The molecule has 1 aliphatic rings. The van der Waals surface area contributed by atoms with Crippen LogP contribution in [-0.2, 0) is 17.1 Å². The fourth-order valence-corrected chi connectivity index (χ4v) is 4.12. The van der Waals surface area contributed by atoms with Gasteiger partial charge in [0.1, 0.15) is 4.90 Å². The van der Waals surface area contributed by atoms with Crippen molar-refractivity contribution in [2.45, 2.75) is 17.4 Å². The van der Waals surface area contributed by atoms with E-state index >= 15 is 0 Å². The summed E-state index contributed by atoms with van der Waals surface area (Å²) in [6.07, 6.45) is 7.23. The lowest BCUT2D eigenvalue weighted by Crippen LogP contribution is -2.29. The smallest absolute Gasteiger partial charge is 0.246 e. The highest BCUT2D eigenvalue weighted by Gasteiger charge is 2.34. The molecular formula is C11H14BrN5O2S. The minimum absolute atomic E-state index is 0.0766. The molecule has 0 amide bonds. The quantitative estimate of drug-likeness (QED) is 0.819. The third kappa shape index (κ3) is 2.40. The standard InChI is InChI=1S/C11H14BrN5O2S/c1-15-8-11(5-13-15)20(18,19)16-3-2-10(7-16)17-6-9(12)4-14-17/h4-6,8,10H,2-3,7H2,1H3. The number of sulfonamides is 1. The fourth-order valence-electron chi connectivity index (χ4n) is 2.34. The van der Waals surface area contributed by atoms with Gasteiger partial charge in [-0.2, -0.15) is 14.5 Å². The van der Waals surface area contributed by atoms with Crippen LogP contribution in [0.1, 0.15) is 12.5 Å². The molecule has 1 fully saturated rings. The van der Waals surface area contributed by atoms with E-state index in [-0.39, 0.29) is 10.9 Å². The van der Waals surface area contributed by atoms with Crippen LogP contribution in [0.25, 0.3) is 0 Å². The van der Waals surface area contributed by atoms with E-state index in [0.29, 0.717) is 13.1 Å². The minimum atomic E-state index is -3.45. The summed E-state index contributed by atoms with van der Waals surface area (Å²) in [4.78, 5) is 0.238. The number of halogens is 1. The van der Waals surface area contributed by atoms with E-state index in [1.54, 1.807) is 13.2 Å². The first kappa shape index (κ1) is 13.8. The van der Waals surface area contributed by atoms with Gasteiger partial charge in [-0.1, -0.05) is 0 Å². The van der Waals surface area contributed by atoms with Crippen molar-refractivity contribution >= 4 is 26.0 Å². The van der Waals surface area contributed by atoms with Crippen molar-refractivity contribution in [1.82, 2.24) is 23.9 Å². The zero-order chi connectivity index (χ0) is 14.3. The van der Waals surface area contributed by atoms with Gasteiger partial charge >= 0.3 is 0 Å². The number of rotatable bonds is 3. The van der Waals surface area contributed by atoms with Crippen LogP contribution in [0.2, 0.25) is 0 Å². The summed E-state index contributed by atoms with van der Waals surface area (Å²) >= 11 is 3.35. The molecule has 0 spiro atoms. The van der Waals surface area contributed by atoms with E-state index < -0.39 is 10.0 Å². The maximum absolute atomic E-state index is 12.5. The van der Waals surface area contributed by atoms with Gasteiger partial charge in [-0.05, 0) is 22.4 Å². The van der Waals surface area contributed by atoms with Crippen molar-refractivity contribution in [2.75, 3.05) is 13.1 Å². The SMILES string of the molecule is Cn1cc(S(=O)(=O)N2CCC(n3cc(Br)cn3)C2)cn1. The first-order valence-electron chi connectivity index (χ1n) is 6.15. The van der Waals surface area contributed by atoms with Crippen molar-refractivity contribution in [1.29, 1.82) is 0 Å². The number of aryl methyl sites for hydroxylation is 1. The molecule has 9 heteroatoms. The molecule has 0 bridgehead atoms. The number of hydrogen-bond donors (Lipinski definition) is 0. The summed E-state index contributed by atoms with van der Waals surface area (Å²) in [6, 6.07) is 0.0766. The molecule has 1 unspecified atom stereocenters. The molecule has 7 nitrogen and oxygen atoms in total. The predicted octanol–water partition coefficient (Wildman–Crippen LogP) is 1.01. The van der Waals surface area contributed by atoms with Crippen molar-refractivity contribution in [3.8, 4) is 0 Å². The van der Waals surface area contributed by atoms with Crippen molar-refractivity contribution in [3.05, 3.63) is 29.3 Å². The molecule has 108 valence electrons. The van der Waals surface area contributed by atoms with Gasteiger partial charge in [0.2, 0.25) is 10.0 Å². The second-order valence-electron chi connectivity index (χ2n) is 4.79. The van der Waals surface area contributed by atoms with Gasteiger partial charge < -0.3 is 0 Å². The molecule has 3 rings (SSSR count). The number of aromatic nitrogens is 4. The van der Waals surface area contributed by atoms with E-state index in [4.69, 9.17) is 0 Å². The molecule has 2 aromatic heterocycles. The van der Waals surface area contributed by atoms with Gasteiger partial charge in [0, 0.05) is 32.5 Å². The molecule has 1 atom stereocenters. The van der Waals surface area contributed by atoms with Crippen LogP contribution < -0.4 is 0 Å². The summed E-state index contributed by atoms with van der Waals surface area (Å²) in [5.74, 6) is 0. The van der Waals surface area contributed by atoms with Gasteiger partial charge in [-0.3, -0.25) is 9.36 Å². The van der Waals surface area contributed by atoms with Gasteiger partial charge in [0.05, 0.1) is 22.9 Å². The largest absolute Gasteiger partial charge is 0.274 e. The van der Waals surface area contributed by atoms with Crippen LogP contribution in [0.5, 0.6) is 0 Å².